The van der Waals surface area contributed by atoms with E-state index >= 15 is 0 Å². The van der Waals surface area contributed by atoms with Crippen molar-refractivity contribution in [3.63, 3.8) is 0 Å². The van der Waals surface area contributed by atoms with Gasteiger partial charge in [0.05, 0.1) is 28.7 Å². The predicted octanol–water partition coefficient (Wildman–Crippen LogP) is 4.37. The molecule has 34 heavy (non-hydrogen) atoms. The SMILES string of the molecule is Cc1c(C(=O)N2CCC(C(=O)NCc3ccccc3)CC2)cnn1-c1cccc(C(F)(F)F)c1. The fourth-order valence-corrected chi connectivity index (χ4v) is 4.14. The van der Waals surface area contributed by atoms with E-state index in [1.165, 1.54) is 23.0 Å². The van der Waals surface area contributed by atoms with Crippen LogP contribution in [0.25, 0.3) is 5.69 Å². The van der Waals surface area contributed by atoms with Crippen LogP contribution in [0.2, 0.25) is 0 Å². The monoisotopic (exact) mass is 470 g/mol. The number of hydrogen-bond acceptors (Lipinski definition) is 3. The van der Waals surface area contributed by atoms with Crippen LogP contribution < -0.4 is 5.32 Å². The van der Waals surface area contributed by atoms with Crippen LogP contribution >= 0.6 is 0 Å². The molecule has 9 heteroatoms. The van der Waals surface area contributed by atoms with Crippen molar-refractivity contribution < 1.29 is 22.8 Å². The number of carbonyl (C=O) groups excluding carboxylic acids is 2. The van der Waals surface area contributed by atoms with E-state index in [2.05, 4.69) is 10.4 Å². The Hall–Kier alpha value is -3.62. The van der Waals surface area contributed by atoms with Crippen molar-refractivity contribution in [3.8, 4) is 5.69 Å². The molecule has 1 saturated heterocycles. The maximum absolute atomic E-state index is 13.1. The summed E-state index contributed by atoms with van der Waals surface area (Å²) in [6.07, 6.45) is -1.98. The van der Waals surface area contributed by atoms with Crippen LogP contribution in [-0.4, -0.2) is 39.6 Å². The maximum atomic E-state index is 13.1. The van der Waals surface area contributed by atoms with Gasteiger partial charge >= 0.3 is 6.18 Å². The van der Waals surface area contributed by atoms with Crippen LogP contribution in [-0.2, 0) is 17.5 Å². The molecule has 4 rings (SSSR count). The molecule has 1 aliphatic heterocycles. The molecule has 0 radical (unpaired) electrons. The Morgan fingerprint density at radius 3 is 2.44 bits per heavy atom. The van der Waals surface area contributed by atoms with Crippen molar-refractivity contribution in [2.24, 2.45) is 5.92 Å². The van der Waals surface area contributed by atoms with Crippen molar-refractivity contribution in [2.75, 3.05) is 13.1 Å². The van der Waals surface area contributed by atoms with Crippen LogP contribution in [0.5, 0.6) is 0 Å². The molecule has 2 amide bonds. The summed E-state index contributed by atoms with van der Waals surface area (Å²) in [5, 5.41) is 7.11. The van der Waals surface area contributed by atoms with Crippen molar-refractivity contribution in [3.05, 3.63) is 83.2 Å². The molecule has 2 heterocycles. The largest absolute Gasteiger partial charge is 0.416 e. The summed E-state index contributed by atoms with van der Waals surface area (Å²) in [6.45, 7) is 2.98. The number of alkyl halides is 3. The molecule has 0 unspecified atom stereocenters. The molecule has 1 aliphatic rings. The average Bonchev–Trinajstić information content (AvgIpc) is 3.23. The Bertz CT molecular complexity index is 1170. The van der Waals surface area contributed by atoms with Crippen LogP contribution in [0.1, 0.15) is 40.0 Å². The number of carbonyl (C=O) groups is 2. The quantitative estimate of drug-likeness (QED) is 0.602. The first kappa shape index (κ1) is 23.5. The summed E-state index contributed by atoms with van der Waals surface area (Å²) >= 11 is 0. The van der Waals surface area contributed by atoms with Gasteiger partial charge in [0.15, 0.2) is 0 Å². The number of amides is 2. The van der Waals surface area contributed by atoms with Gasteiger partial charge < -0.3 is 10.2 Å². The lowest BCUT2D eigenvalue weighted by Crippen LogP contribution is -2.43. The smallest absolute Gasteiger partial charge is 0.352 e. The highest BCUT2D eigenvalue weighted by atomic mass is 19.4. The van der Waals surface area contributed by atoms with E-state index in [1.54, 1.807) is 11.8 Å². The lowest BCUT2D eigenvalue weighted by atomic mass is 9.95. The minimum absolute atomic E-state index is 0.0236. The second-order valence-corrected chi connectivity index (χ2v) is 8.37. The molecule has 6 nitrogen and oxygen atoms in total. The highest BCUT2D eigenvalue weighted by molar-refractivity contribution is 5.95. The van der Waals surface area contributed by atoms with Crippen LogP contribution in [0.4, 0.5) is 13.2 Å². The fraction of sp³-hybridized carbons (Fsp3) is 0.320. The molecule has 0 atom stereocenters. The van der Waals surface area contributed by atoms with Gasteiger partial charge in [0.25, 0.3) is 5.91 Å². The average molecular weight is 470 g/mol. The van der Waals surface area contributed by atoms with Crippen LogP contribution in [0, 0.1) is 12.8 Å². The zero-order valence-corrected chi connectivity index (χ0v) is 18.7. The van der Waals surface area contributed by atoms with E-state index in [1.807, 2.05) is 30.3 Å². The molecular formula is C25H25F3N4O2. The number of benzene rings is 2. The predicted molar refractivity (Wildman–Crippen MR) is 120 cm³/mol. The summed E-state index contributed by atoms with van der Waals surface area (Å²) < 4.78 is 40.5. The highest BCUT2D eigenvalue weighted by Gasteiger charge is 2.32. The van der Waals surface area contributed by atoms with Gasteiger partial charge in [-0.1, -0.05) is 36.4 Å². The summed E-state index contributed by atoms with van der Waals surface area (Å²) in [6, 6.07) is 14.5. The third kappa shape index (κ3) is 5.13. The first-order valence-corrected chi connectivity index (χ1v) is 11.1. The van der Waals surface area contributed by atoms with Crippen molar-refractivity contribution in [2.45, 2.75) is 32.5 Å². The Labute approximate surface area is 195 Å². The van der Waals surface area contributed by atoms with Gasteiger partial charge in [-0.3, -0.25) is 9.59 Å². The van der Waals surface area contributed by atoms with E-state index in [4.69, 9.17) is 0 Å². The van der Waals surface area contributed by atoms with Gasteiger partial charge in [-0.15, -0.1) is 0 Å². The molecule has 2 aromatic carbocycles. The van der Waals surface area contributed by atoms with Crippen molar-refractivity contribution in [1.82, 2.24) is 20.0 Å². The van der Waals surface area contributed by atoms with Gasteiger partial charge in [0, 0.05) is 25.6 Å². The highest BCUT2D eigenvalue weighted by Crippen LogP contribution is 2.30. The van der Waals surface area contributed by atoms with Gasteiger partial charge in [0.2, 0.25) is 5.91 Å². The number of halogens is 3. The zero-order valence-electron chi connectivity index (χ0n) is 18.7. The van der Waals surface area contributed by atoms with Gasteiger partial charge in [0.1, 0.15) is 0 Å². The lowest BCUT2D eigenvalue weighted by molar-refractivity contribution is -0.137. The Kier molecular flexibility index (Phi) is 6.72. The Morgan fingerprint density at radius 2 is 1.76 bits per heavy atom. The molecule has 0 saturated carbocycles. The summed E-state index contributed by atoms with van der Waals surface area (Å²) in [5.41, 5.74) is 1.29. The minimum atomic E-state index is -4.46. The number of likely N-dealkylation sites (tertiary alicyclic amines) is 1. The standard InChI is InChI=1S/C25H25F3N4O2/c1-17-22(16-30-32(17)21-9-5-8-20(14-21)25(26,27)28)24(34)31-12-10-19(11-13-31)23(33)29-15-18-6-3-2-4-7-18/h2-9,14,16,19H,10-13,15H2,1H3,(H,29,33). The number of nitrogens with zero attached hydrogens (tertiary/aromatic N) is 3. The van der Waals surface area contributed by atoms with Crippen LogP contribution in [0.15, 0.2) is 60.8 Å². The molecule has 178 valence electrons. The van der Waals surface area contributed by atoms with E-state index in [-0.39, 0.29) is 23.4 Å². The van der Waals surface area contributed by atoms with Crippen molar-refractivity contribution >= 4 is 11.8 Å². The second kappa shape index (κ2) is 9.70. The lowest BCUT2D eigenvalue weighted by Gasteiger charge is -2.31. The topological polar surface area (TPSA) is 67.2 Å². The molecule has 1 fully saturated rings. The Balaban J connectivity index is 1.37. The normalized spacial score (nSPS) is 14.8. The molecule has 0 aliphatic carbocycles. The number of aromatic nitrogens is 2. The molecule has 0 spiro atoms. The van der Waals surface area contributed by atoms with E-state index in [9.17, 15) is 22.8 Å². The zero-order chi connectivity index (χ0) is 24.3. The molecule has 0 bridgehead atoms. The third-order valence-electron chi connectivity index (χ3n) is 6.12. The van der Waals surface area contributed by atoms with Crippen LogP contribution in [0.3, 0.4) is 0 Å². The summed E-state index contributed by atoms with van der Waals surface area (Å²) in [4.78, 5) is 27.3. The minimum Gasteiger partial charge on any atom is -0.352 e. The van der Waals surface area contributed by atoms with E-state index < -0.39 is 11.7 Å². The molecule has 3 aromatic rings. The van der Waals surface area contributed by atoms with Gasteiger partial charge in [-0.05, 0) is 43.5 Å². The fourth-order valence-electron chi connectivity index (χ4n) is 4.14. The second-order valence-electron chi connectivity index (χ2n) is 8.37. The first-order valence-electron chi connectivity index (χ1n) is 11.1. The van der Waals surface area contributed by atoms with Gasteiger partial charge in [-0.2, -0.15) is 18.3 Å². The van der Waals surface area contributed by atoms with Gasteiger partial charge in [-0.25, -0.2) is 4.68 Å². The maximum Gasteiger partial charge on any atom is 0.416 e. The molecule has 1 N–H and O–H groups in total. The number of piperidine rings is 1. The molecule has 1 aromatic heterocycles. The third-order valence-corrected chi connectivity index (χ3v) is 6.12. The van der Waals surface area contributed by atoms with E-state index in [0.29, 0.717) is 43.7 Å². The molecular weight excluding hydrogens is 445 g/mol. The number of hydrogen-bond donors (Lipinski definition) is 1. The number of nitrogens with one attached hydrogen (secondary N) is 1. The van der Waals surface area contributed by atoms with E-state index in [0.717, 1.165) is 17.7 Å². The summed E-state index contributed by atoms with van der Waals surface area (Å²) in [7, 11) is 0. The van der Waals surface area contributed by atoms with Crippen molar-refractivity contribution in [1.29, 1.82) is 0 Å². The number of rotatable bonds is 5. The summed E-state index contributed by atoms with van der Waals surface area (Å²) in [5.74, 6) is -0.426. The Morgan fingerprint density at radius 1 is 1.06 bits per heavy atom. The first-order chi connectivity index (χ1) is 16.2.